The molecule has 0 bridgehead atoms. The van der Waals surface area contributed by atoms with E-state index in [9.17, 15) is 9.18 Å². The third-order valence-corrected chi connectivity index (χ3v) is 5.06. The Balaban J connectivity index is 2.00. The fraction of sp³-hybridized carbons (Fsp3) is 0.632. The van der Waals surface area contributed by atoms with E-state index in [0.29, 0.717) is 18.2 Å². The number of rotatable bonds is 7. The summed E-state index contributed by atoms with van der Waals surface area (Å²) in [7, 11) is 7.57. The van der Waals surface area contributed by atoms with Gasteiger partial charge >= 0.3 is 0 Å². The van der Waals surface area contributed by atoms with E-state index in [1.54, 1.807) is 28.0 Å². The lowest BCUT2D eigenvalue weighted by atomic mass is 10.0. The standard InChI is InChI=1S/C19H30FN3O/c1-21(2)18(16-11-7-8-12-17(16)20)19(24)23(4)14-13-22(3)15-9-5-6-10-15/h7-8,11-12,15,18H,5-6,9-10,13-14H2,1-4H3/t18-/m0/s1. The van der Waals surface area contributed by atoms with Crippen molar-refractivity contribution < 1.29 is 9.18 Å². The van der Waals surface area contributed by atoms with E-state index in [-0.39, 0.29) is 11.7 Å². The summed E-state index contributed by atoms with van der Waals surface area (Å²) in [4.78, 5) is 18.7. The van der Waals surface area contributed by atoms with Crippen LogP contribution in [-0.4, -0.2) is 67.9 Å². The van der Waals surface area contributed by atoms with Crippen molar-refractivity contribution in [3.8, 4) is 0 Å². The SMILES string of the molecule is CN(CCN(C)C1CCCC1)C(=O)[C@H](c1ccccc1F)N(C)C. The maximum atomic E-state index is 14.1. The second-order valence-corrected chi connectivity index (χ2v) is 7.07. The number of amides is 1. The smallest absolute Gasteiger partial charge is 0.244 e. The van der Waals surface area contributed by atoms with Gasteiger partial charge in [0, 0.05) is 31.7 Å². The number of carbonyl (C=O) groups is 1. The largest absolute Gasteiger partial charge is 0.343 e. The van der Waals surface area contributed by atoms with Gasteiger partial charge in [0.25, 0.3) is 0 Å². The first kappa shape index (κ1) is 18.9. The van der Waals surface area contributed by atoms with Gasteiger partial charge in [-0.25, -0.2) is 4.39 Å². The summed E-state index contributed by atoms with van der Waals surface area (Å²) in [6.45, 7) is 1.51. The molecule has 1 aromatic carbocycles. The van der Waals surface area contributed by atoms with Gasteiger partial charge in [-0.2, -0.15) is 0 Å². The first-order chi connectivity index (χ1) is 11.4. The molecule has 1 amide bonds. The van der Waals surface area contributed by atoms with Crippen molar-refractivity contribution in [2.24, 2.45) is 0 Å². The third-order valence-electron chi connectivity index (χ3n) is 5.06. The molecule has 0 saturated heterocycles. The van der Waals surface area contributed by atoms with E-state index in [0.717, 1.165) is 6.54 Å². The highest BCUT2D eigenvalue weighted by Gasteiger charge is 2.28. The summed E-state index contributed by atoms with van der Waals surface area (Å²) >= 11 is 0. The summed E-state index contributed by atoms with van der Waals surface area (Å²) in [5, 5.41) is 0. The van der Waals surface area contributed by atoms with Crippen molar-refractivity contribution in [1.29, 1.82) is 0 Å². The molecule has 1 aromatic rings. The van der Waals surface area contributed by atoms with Crippen LogP contribution in [0, 0.1) is 5.82 Å². The van der Waals surface area contributed by atoms with Crippen molar-refractivity contribution in [3.05, 3.63) is 35.6 Å². The Morgan fingerprint density at radius 2 is 1.75 bits per heavy atom. The molecule has 4 nitrogen and oxygen atoms in total. The molecule has 0 unspecified atom stereocenters. The first-order valence-corrected chi connectivity index (χ1v) is 8.78. The Morgan fingerprint density at radius 3 is 2.33 bits per heavy atom. The molecule has 0 radical (unpaired) electrons. The molecule has 0 N–H and O–H groups in total. The lowest BCUT2D eigenvalue weighted by Gasteiger charge is -2.31. The van der Waals surface area contributed by atoms with E-state index in [1.807, 2.05) is 21.1 Å². The van der Waals surface area contributed by atoms with E-state index in [4.69, 9.17) is 0 Å². The monoisotopic (exact) mass is 335 g/mol. The molecule has 5 heteroatoms. The molecular formula is C19H30FN3O. The molecule has 2 rings (SSSR count). The van der Waals surface area contributed by atoms with Gasteiger partial charge in [0.05, 0.1) is 0 Å². The molecule has 1 fully saturated rings. The van der Waals surface area contributed by atoms with Crippen molar-refractivity contribution in [1.82, 2.24) is 14.7 Å². The molecular weight excluding hydrogens is 305 g/mol. The first-order valence-electron chi connectivity index (χ1n) is 8.78. The maximum absolute atomic E-state index is 14.1. The van der Waals surface area contributed by atoms with Crippen molar-refractivity contribution in [2.45, 2.75) is 37.8 Å². The van der Waals surface area contributed by atoms with E-state index >= 15 is 0 Å². The zero-order valence-electron chi connectivity index (χ0n) is 15.3. The van der Waals surface area contributed by atoms with Crippen LogP contribution in [0.2, 0.25) is 0 Å². The molecule has 1 aliphatic carbocycles. The summed E-state index contributed by atoms with van der Waals surface area (Å²) in [5.41, 5.74) is 0.434. The van der Waals surface area contributed by atoms with Crippen LogP contribution in [0.5, 0.6) is 0 Å². The maximum Gasteiger partial charge on any atom is 0.244 e. The minimum atomic E-state index is -0.590. The van der Waals surface area contributed by atoms with Gasteiger partial charge in [-0.05, 0) is 40.1 Å². The van der Waals surface area contributed by atoms with E-state index in [2.05, 4.69) is 11.9 Å². The Kier molecular flexibility index (Phi) is 6.75. The van der Waals surface area contributed by atoms with E-state index in [1.165, 1.54) is 31.7 Å². The second-order valence-electron chi connectivity index (χ2n) is 7.07. The molecule has 134 valence electrons. The van der Waals surface area contributed by atoms with Gasteiger partial charge < -0.3 is 9.80 Å². The Labute approximate surface area is 145 Å². The molecule has 0 aliphatic heterocycles. The minimum Gasteiger partial charge on any atom is -0.343 e. The Bertz CT molecular complexity index is 543. The molecule has 1 aliphatic rings. The summed E-state index contributed by atoms with van der Waals surface area (Å²) < 4.78 is 14.1. The quantitative estimate of drug-likeness (QED) is 0.767. The highest BCUT2D eigenvalue weighted by atomic mass is 19.1. The van der Waals surface area contributed by atoms with Gasteiger partial charge in [-0.1, -0.05) is 31.0 Å². The van der Waals surface area contributed by atoms with Crippen LogP contribution in [0.4, 0.5) is 4.39 Å². The fourth-order valence-corrected chi connectivity index (χ4v) is 3.48. The lowest BCUT2D eigenvalue weighted by molar-refractivity contribution is -0.135. The Morgan fingerprint density at radius 1 is 1.12 bits per heavy atom. The molecule has 24 heavy (non-hydrogen) atoms. The molecule has 1 saturated carbocycles. The number of halogens is 1. The van der Waals surface area contributed by atoms with Crippen LogP contribution in [0.1, 0.15) is 37.3 Å². The van der Waals surface area contributed by atoms with E-state index < -0.39 is 6.04 Å². The average molecular weight is 335 g/mol. The number of hydrogen-bond donors (Lipinski definition) is 0. The number of hydrogen-bond acceptors (Lipinski definition) is 3. The zero-order valence-corrected chi connectivity index (χ0v) is 15.3. The summed E-state index contributed by atoms with van der Waals surface area (Å²) in [6.07, 6.45) is 5.12. The molecule has 0 heterocycles. The molecule has 1 atom stereocenters. The van der Waals surface area contributed by atoms with Gasteiger partial charge in [0.2, 0.25) is 5.91 Å². The number of nitrogens with zero attached hydrogens (tertiary/aromatic N) is 3. The third kappa shape index (κ3) is 4.54. The number of likely N-dealkylation sites (N-methyl/N-ethyl adjacent to an activating group) is 3. The molecule has 0 aromatic heterocycles. The van der Waals surface area contributed by atoms with Crippen LogP contribution >= 0.6 is 0 Å². The Hall–Kier alpha value is -1.46. The van der Waals surface area contributed by atoms with Crippen molar-refractivity contribution >= 4 is 5.91 Å². The van der Waals surface area contributed by atoms with Gasteiger partial charge in [-0.3, -0.25) is 9.69 Å². The van der Waals surface area contributed by atoms with Gasteiger partial charge in [0.1, 0.15) is 11.9 Å². The summed E-state index contributed by atoms with van der Waals surface area (Å²) in [6, 6.07) is 6.58. The van der Waals surface area contributed by atoms with Crippen LogP contribution in [-0.2, 0) is 4.79 Å². The van der Waals surface area contributed by atoms with Crippen LogP contribution in [0.15, 0.2) is 24.3 Å². The zero-order chi connectivity index (χ0) is 17.7. The molecule has 0 spiro atoms. The lowest BCUT2D eigenvalue weighted by Crippen LogP contribution is -2.43. The van der Waals surface area contributed by atoms with Crippen molar-refractivity contribution in [3.63, 3.8) is 0 Å². The van der Waals surface area contributed by atoms with Crippen LogP contribution in [0.3, 0.4) is 0 Å². The highest BCUT2D eigenvalue weighted by Crippen LogP contribution is 2.24. The normalized spacial score (nSPS) is 16.8. The van der Waals surface area contributed by atoms with Gasteiger partial charge in [0.15, 0.2) is 0 Å². The number of carbonyl (C=O) groups excluding carboxylic acids is 1. The van der Waals surface area contributed by atoms with Crippen molar-refractivity contribution in [2.75, 3.05) is 41.3 Å². The summed E-state index contributed by atoms with van der Waals surface area (Å²) in [5.74, 6) is -0.397. The van der Waals surface area contributed by atoms with Crippen LogP contribution < -0.4 is 0 Å². The predicted octanol–water partition coefficient (Wildman–Crippen LogP) is 2.76. The topological polar surface area (TPSA) is 26.8 Å². The second kappa shape index (κ2) is 8.58. The predicted molar refractivity (Wildman–Crippen MR) is 95.4 cm³/mol. The van der Waals surface area contributed by atoms with Gasteiger partial charge in [-0.15, -0.1) is 0 Å². The average Bonchev–Trinajstić information content (AvgIpc) is 3.08. The number of benzene rings is 1. The highest BCUT2D eigenvalue weighted by molar-refractivity contribution is 5.83. The minimum absolute atomic E-state index is 0.0649. The fourth-order valence-electron chi connectivity index (χ4n) is 3.48. The van der Waals surface area contributed by atoms with Crippen LogP contribution in [0.25, 0.3) is 0 Å².